The smallest absolute Gasteiger partial charge is 0.187 e. The third-order valence-electron chi connectivity index (χ3n) is 0.752. The van der Waals surface area contributed by atoms with E-state index in [0.717, 1.165) is 6.42 Å². The topological polar surface area (TPSA) is 20.2 Å². The molecule has 0 saturated heterocycles. The van der Waals surface area contributed by atoms with Crippen LogP contribution in [0.5, 0.6) is 0 Å². The molecule has 0 amide bonds. The fraction of sp³-hybridized carbons (Fsp3) is 0.200. The summed E-state index contributed by atoms with van der Waals surface area (Å²) in [4.78, 5) is 0. The highest BCUT2D eigenvalue weighted by Crippen LogP contribution is 2.03. The highest BCUT2D eigenvalue weighted by Gasteiger charge is 1.89. The van der Waals surface area contributed by atoms with Crippen LogP contribution in [0.2, 0.25) is 0 Å². The molecule has 0 heterocycles. The third-order valence-corrected chi connectivity index (χ3v) is 0.752. The average Bonchev–Trinajstić information content (AvgIpc) is 1.86. The molecule has 0 atom stereocenters. The molecule has 0 aromatic rings. The lowest BCUT2D eigenvalue weighted by atomic mass is 10.4. The maximum absolute atomic E-state index is 8.53. The van der Waals surface area contributed by atoms with Crippen molar-refractivity contribution in [3.05, 3.63) is 24.0 Å². The molecular weight excluding hydrogens is 103 g/mol. The molecule has 7 heavy (non-hydrogen) atoms. The predicted octanol–water partition coefficient (Wildman–Crippen LogP) is 0.204. The molecule has 0 bridgehead atoms. The van der Waals surface area contributed by atoms with Crippen molar-refractivity contribution < 1.29 is 5.11 Å². The Balaban J connectivity index is 0.000000360. The van der Waals surface area contributed by atoms with Gasteiger partial charge in [0.1, 0.15) is 0 Å². The molecule has 1 aliphatic carbocycles. The van der Waals surface area contributed by atoms with E-state index in [4.69, 9.17) is 5.11 Å². The molecule has 0 spiro atoms. The van der Waals surface area contributed by atoms with Gasteiger partial charge in [0, 0.05) is 6.42 Å². The van der Waals surface area contributed by atoms with Crippen molar-refractivity contribution in [2.75, 3.05) is 0 Å². The van der Waals surface area contributed by atoms with Crippen LogP contribution in [0.1, 0.15) is 6.42 Å². The van der Waals surface area contributed by atoms with Gasteiger partial charge in [0.15, 0.2) is 17.4 Å². The Morgan fingerprint density at radius 3 is 2.43 bits per heavy atom. The van der Waals surface area contributed by atoms with Gasteiger partial charge in [-0.25, -0.2) is 0 Å². The van der Waals surface area contributed by atoms with Gasteiger partial charge in [0.2, 0.25) is 0 Å². The Kier molecular flexibility index (Phi) is 2.82. The summed E-state index contributed by atoms with van der Waals surface area (Å²) in [6, 6.07) is 0. The van der Waals surface area contributed by atoms with Crippen LogP contribution in [0.15, 0.2) is 24.0 Å². The minimum absolute atomic E-state index is 0. The SMILES string of the molecule is OC1=CC=CC1.[AlH3]. The molecule has 1 rings (SSSR count). The van der Waals surface area contributed by atoms with Crippen molar-refractivity contribution in [2.24, 2.45) is 0 Å². The van der Waals surface area contributed by atoms with Gasteiger partial charge in [-0.3, -0.25) is 0 Å². The lowest BCUT2D eigenvalue weighted by molar-refractivity contribution is 0.404. The zero-order valence-corrected chi connectivity index (χ0v) is 3.39. The summed E-state index contributed by atoms with van der Waals surface area (Å²) < 4.78 is 0. The fourth-order valence-electron chi connectivity index (χ4n) is 0.436. The van der Waals surface area contributed by atoms with E-state index in [9.17, 15) is 0 Å². The molecule has 1 nitrogen and oxygen atoms in total. The standard InChI is InChI=1S/C5H6O.Al.3H/c6-5-3-1-2-4-5;;;;/h1-3,6H,4H2;;;;. The van der Waals surface area contributed by atoms with Crippen molar-refractivity contribution in [3.8, 4) is 0 Å². The second-order valence-electron chi connectivity index (χ2n) is 1.29. The van der Waals surface area contributed by atoms with Gasteiger partial charge in [-0.05, 0) is 6.08 Å². The first-order chi connectivity index (χ1) is 2.89. The maximum Gasteiger partial charge on any atom is 0.187 e. The van der Waals surface area contributed by atoms with E-state index in [1.165, 1.54) is 0 Å². The van der Waals surface area contributed by atoms with Gasteiger partial charge in [0.25, 0.3) is 0 Å². The molecule has 1 N–H and O–H groups in total. The molecule has 0 saturated carbocycles. The quantitative estimate of drug-likeness (QED) is 0.444. The molecule has 0 aromatic carbocycles. The lowest BCUT2D eigenvalue weighted by Crippen LogP contribution is -1.66. The summed E-state index contributed by atoms with van der Waals surface area (Å²) >= 11 is 0. The third kappa shape index (κ3) is 1.82. The summed E-state index contributed by atoms with van der Waals surface area (Å²) in [5.41, 5.74) is 0. The second-order valence-corrected chi connectivity index (χ2v) is 1.29. The van der Waals surface area contributed by atoms with Crippen LogP contribution in [0.3, 0.4) is 0 Å². The minimum atomic E-state index is 0. The predicted molar refractivity (Wildman–Crippen MR) is 34.4 cm³/mol. The molecule has 0 aliphatic heterocycles. The van der Waals surface area contributed by atoms with Gasteiger partial charge in [0.05, 0.1) is 5.76 Å². The molecular formula is C5H9AlO. The van der Waals surface area contributed by atoms with Gasteiger partial charge in [-0.1, -0.05) is 12.2 Å². The zero-order chi connectivity index (χ0) is 4.41. The van der Waals surface area contributed by atoms with E-state index in [1.807, 2.05) is 12.2 Å². The molecule has 1 aliphatic rings. The van der Waals surface area contributed by atoms with Crippen LogP contribution in [0, 0.1) is 0 Å². The summed E-state index contributed by atoms with van der Waals surface area (Å²) in [5, 5.41) is 8.53. The van der Waals surface area contributed by atoms with Gasteiger partial charge in [-0.2, -0.15) is 0 Å². The number of aliphatic hydroxyl groups excluding tert-OH is 1. The van der Waals surface area contributed by atoms with Gasteiger partial charge >= 0.3 is 0 Å². The first-order valence-corrected chi connectivity index (χ1v) is 1.94. The van der Waals surface area contributed by atoms with Crippen molar-refractivity contribution in [1.29, 1.82) is 0 Å². The Morgan fingerprint density at radius 1 is 1.57 bits per heavy atom. The summed E-state index contributed by atoms with van der Waals surface area (Å²) in [5.74, 6) is 0.468. The molecule has 38 valence electrons. The van der Waals surface area contributed by atoms with E-state index >= 15 is 0 Å². The van der Waals surface area contributed by atoms with Crippen molar-refractivity contribution >= 4 is 17.4 Å². The highest BCUT2D eigenvalue weighted by atomic mass is 27.0. The fourth-order valence-corrected chi connectivity index (χ4v) is 0.436. The average molecular weight is 112 g/mol. The van der Waals surface area contributed by atoms with Crippen LogP contribution in [0.4, 0.5) is 0 Å². The van der Waals surface area contributed by atoms with E-state index in [-0.39, 0.29) is 17.4 Å². The summed E-state index contributed by atoms with van der Waals surface area (Å²) in [7, 11) is 0. The second kappa shape index (κ2) is 2.90. The summed E-state index contributed by atoms with van der Waals surface area (Å²) in [6.07, 6.45) is 6.17. The van der Waals surface area contributed by atoms with Crippen LogP contribution in [-0.4, -0.2) is 22.5 Å². The zero-order valence-electron chi connectivity index (χ0n) is 3.39. The van der Waals surface area contributed by atoms with Gasteiger partial charge in [-0.15, -0.1) is 0 Å². The van der Waals surface area contributed by atoms with Crippen LogP contribution >= 0.6 is 0 Å². The molecule has 0 aromatic heterocycles. The first-order valence-electron chi connectivity index (χ1n) is 1.94. The molecule has 0 radical (unpaired) electrons. The van der Waals surface area contributed by atoms with Crippen molar-refractivity contribution in [2.45, 2.75) is 6.42 Å². The summed E-state index contributed by atoms with van der Waals surface area (Å²) in [6.45, 7) is 0. The Hall–Kier alpha value is -0.188. The normalized spacial score (nSPS) is 15.7. The largest absolute Gasteiger partial charge is 0.512 e. The van der Waals surface area contributed by atoms with Crippen LogP contribution in [-0.2, 0) is 0 Å². The Morgan fingerprint density at radius 2 is 2.29 bits per heavy atom. The van der Waals surface area contributed by atoms with Crippen molar-refractivity contribution in [1.82, 2.24) is 0 Å². The monoisotopic (exact) mass is 112 g/mol. The van der Waals surface area contributed by atoms with Crippen molar-refractivity contribution in [3.63, 3.8) is 0 Å². The Labute approximate surface area is 53.5 Å². The van der Waals surface area contributed by atoms with E-state index in [0.29, 0.717) is 5.76 Å². The van der Waals surface area contributed by atoms with Crippen LogP contribution in [0.25, 0.3) is 0 Å². The lowest BCUT2D eigenvalue weighted by Gasteiger charge is -1.79. The number of hydrogen-bond donors (Lipinski definition) is 1. The number of aliphatic hydroxyl groups is 1. The van der Waals surface area contributed by atoms with Crippen LogP contribution < -0.4 is 0 Å². The number of hydrogen-bond acceptors (Lipinski definition) is 1. The molecule has 0 fully saturated rings. The van der Waals surface area contributed by atoms with E-state index < -0.39 is 0 Å². The molecule has 2 heteroatoms. The number of rotatable bonds is 0. The minimum Gasteiger partial charge on any atom is -0.512 e. The van der Waals surface area contributed by atoms with Gasteiger partial charge < -0.3 is 5.11 Å². The van der Waals surface area contributed by atoms with E-state index in [1.54, 1.807) is 6.08 Å². The first kappa shape index (κ1) is 6.81. The van der Waals surface area contributed by atoms with E-state index in [2.05, 4.69) is 0 Å². The highest BCUT2D eigenvalue weighted by molar-refractivity contribution is 5.75. The number of allylic oxidation sites excluding steroid dienone is 3. The molecule has 0 unspecified atom stereocenters. The Bertz CT molecular complexity index is 105. The maximum atomic E-state index is 8.53.